The van der Waals surface area contributed by atoms with Crippen LogP contribution in [0.3, 0.4) is 0 Å². The second-order valence-corrected chi connectivity index (χ2v) is 5.80. The topological polar surface area (TPSA) is 49.8 Å². The van der Waals surface area contributed by atoms with E-state index in [2.05, 4.69) is 4.90 Å². The number of hydrogen-bond acceptors (Lipinski definition) is 3. The number of carboxylic acids is 1. The normalized spacial score (nSPS) is 18.3. The molecule has 0 saturated carbocycles. The minimum Gasteiger partial charge on any atom is -0.494 e. The zero-order valence-corrected chi connectivity index (χ0v) is 12.8. The number of nitrogens with zero attached hydrogens (tertiary/aromatic N) is 1. The third-order valence-corrected chi connectivity index (χ3v) is 4.57. The van der Waals surface area contributed by atoms with Crippen molar-refractivity contribution in [3.63, 3.8) is 0 Å². The molecular weight excluding hydrogens is 266 g/mol. The number of rotatable bonds is 7. The van der Waals surface area contributed by atoms with Gasteiger partial charge in [0.1, 0.15) is 5.75 Å². The van der Waals surface area contributed by atoms with Crippen LogP contribution in [0.4, 0.5) is 0 Å². The van der Waals surface area contributed by atoms with Crippen molar-refractivity contribution in [2.75, 3.05) is 26.2 Å². The highest BCUT2D eigenvalue weighted by atomic mass is 16.5. The van der Waals surface area contributed by atoms with Crippen molar-refractivity contribution in [3.05, 3.63) is 30.3 Å². The zero-order valence-electron chi connectivity index (χ0n) is 12.8. The molecule has 4 nitrogen and oxygen atoms in total. The number of benzene rings is 1. The Hall–Kier alpha value is -1.55. The first kappa shape index (κ1) is 15.8. The number of carboxylic acid groups (broad SMARTS) is 1. The summed E-state index contributed by atoms with van der Waals surface area (Å²) in [6, 6.07) is 9.84. The Morgan fingerprint density at radius 3 is 2.52 bits per heavy atom. The van der Waals surface area contributed by atoms with E-state index in [9.17, 15) is 9.90 Å². The van der Waals surface area contributed by atoms with Gasteiger partial charge in [-0.2, -0.15) is 0 Å². The number of piperidine rings is 1. The van der Waals surface area contributed by atoms with E-state index < -0.39 is 11.4 Å². The molecule has 1 N–H and O–H groups in total. The molecule has 1 fully saturated rings. The van der Waals surface area contributed by atoms with Gasteiger partial charge in [0.05, 0.1) is 12.0 Å². The molecule has 0 aliphatic carbocycles. The van der Waals surface area contributed by atoms with Crippen molar-refractivity contribution in [1.29, 1.82) is 0 Å². The Balaban J connectivity index is 1.66. The van der Waals surface area contributed by atoms with Gasteiger partial charge in [0.15, 0.2) is 0 Å². The van der Waals surface area contributed by atoms with Crippen molar-refractivity contribution in [1.82, 2.24) is 4.90 Å². The molecule has 0 unspecified atom stereocenters. The van der Waals surface area contributed by atoms with Gasteiger partial charge in [-0.1, -0.05) is 25.1 Å². The van der Waals surface area contributed by atoms with Gasteiger partial charge in [-0.05, 0) is 50.9 Å². The largest absolute Gasteiger partial charge is 0.494 e. The fourth-order valence-corrected chi connectivity index (χ4v) is 2.92. The van der Waals surface area contributed by atoms with Crippen LogP contribution >= 0.6 is 0 Å². The molecule has 1 aromatic carbocycles. The van der Waals surface area contributed by atoms with Crippen LogP contribution in [0.5, 0.6) is 5.75 Å². The van der Waals surface area contributed by atoms with Crippen LogP contribution < -0.4 is 4.74 Å². The lowest BCUT2D eigenvalue weighted by Gasteiger charge is -2.38. The van der Waals surface area contributed by atoms with Crippen LogP contribution in [0.25, 0.3) is 0 Å². The van der Waals surface area contributed by atoms with Gasteiger partial charge in [-0.3, -0.25) is 4.79 Å². The van der Waals surface area contributed by atoms with Crippen molar-refractivity contribution in [2.45, 2.75) is 32.6 Å². The summed E-state index contributed by atoms with van der Waals surface area (Å²) in [5.74, 6) is 0.282. The lowest BCUT2D eigenvalue weighted by Crippen LogP contribution is -2.44. The Bertz CT molecular complexity index is 439. The molecule has 1 aliphatic heterocycles. The molecule has 4 heteroatoms. The molecule has 0 bridgehead atoms. The van der Waals surface area contributed by atoms with Gasteiger partial charge >= 0.3 is 5.97 Å². The second kappa shape index (κ2) is 7.46. The highest BCUT2D eigenvalue weighted by molar-refractivity contribution is 5.74. The van der Waals surface area contributed by atoms with Crippen LogP contribution in [0.2, 0.25) is 0 Å². The molecule has 21 heavy (non-hydrogen) atoms. The maximum absolute atomic E-state index is 11.4. The zero-order chi connectivity index (χ0) is 15.1. The van der Waals surface area contributed by atoms with E-state index in [1.165, 1.54) is 0 Å². The van der Waals surface area contributed by atoms with Gasteiger partial charge in [0.25, 0.3) is 0 Å². The van der Waals surface area contributed by atoms with E-state index in [4.69, 9.17) is 4.74 Å². The highest BCUT2D eigenvalue weighted by Gasteiger charge is 2.39. The fourth-order valence-electron chi connectivity index (χ4n) is 2.92. The number of ether oxygens (including phenoxy) is 1. The Labute approximate surface area is 126 Å². The van der Waals surface area contributed by atoms with Gasteiger partial charge < -0.3 is 14.7 Å². The minimum atomic E-state index is -0.628. The average molecular weight is 291 g/mol. The van der Waals surface area contributed by atoms with Crippen molar-refractivity contribution in [3.8, 4) is 5.75 Å². The molecular formula is C17H25NO3. The summed E-state index contributed by atoms with van der Waals surface area (Å²) in [5, 5.41) is 9.38. The van der Waals surface area contributed by atoms with E-state index in [1.54, 1.807) is 0 Å². The molecule has 1 saturated heterocycles. The van der Waals surface area contributed by atoms with Crippen LogP contribution in [0.1, 0.15) is 32.6 Å². The maximum atomic E-state index is 11.4. The van der Waals surface area contributed by atoms with Crippen molar-refractivity contribution < 1.29 is 14.6 Å². The van der Waals surface area contributed by atoms with Crippen LogP contribution in [0.15, 0.2) is 30.3 Å². The van der Waals surface area contributed by atoms with Crippen molar-refractivity contribution >= 4 is 5.97 Å². The predicted molar refractivity (Wildman–Crippen MR) is 82.6 cm³/mol. The predicted octanol–water partition coefficient (Wildman–Crippen LogP) is 3.03. The van der Waals surface area contributed by atoms with Crippen LogP contribution in [-0.2, 0) is 4.79 Å². The van der Waals surface area contributed by atoms with Gasteiger partial charge in [-0.25, -0.2) is 0 Å². The molecule has 1 aliphatic rings. The molecule has 1 heterocycles. The molecule has 0 atom stereocenters. The fraction of sp³-hybridized carbons (Fsp3) is 0.588. The smallest absolute Gasteiger partial charge is 0.309 e. The van der Waals surface area contributed by atoms with E-state index in [-0.39, 0.29) is 0 Å². The summed E-state index contributed by atoms with van der Waals surface area (Å²) in [4.78, 5) is 13.7. The second-order valence-electron chi connectivity index (χ2n) is 5.80. The van der Waals surface area contributed by atoms with Gasteiger partial charge in [0, 0.05) is 6.54 Å². The summed E-state index contributed by atoms with van der Waals surface area (Å²) in [7, 11) is 0. The minimum absolute atomic E-state index is 0.489. The molecule has 0 amide bonds. The Morgan fingerprint density at radius 2 is 1.95 bits per heavy atom. The number of para-hydroxylation sites is 1. The maximum Gasteiger partial charge on any atom is 0.309 e. The lowest BCUT2D eigenvalue weighted by molar-refractivity contribution is -0.152. The van der Waals surface area contributed by atoms with E-state index in [0.717, 1.165) is 51.1 Å². The molecule has 0 aromatic heterocycles. The summed E-state index contributed by atoms with van der Waals surface area (Å²) in [5.41, 5.74) is -0.489. The van der Waals surface area contributed by atoms with E-state index >= 15 is 0 Å². The van der Waals surface area contributed by atoms with Gasteiger partial charge in [0.2, 0.25) is 0 Å². The quantitative estimate of drug-likeness (QED) is 0.785. The van der Waals surface area contributed by atoms with Crippen LogP contribution in [-0.4, -0.2) is 42.2 Å². The molecule has 116 valence electrons. The summed E-state index contributed by atoms with van der Waals surface area (Å²) in [6.45, 7) is 5.43. The van der Waals surface area contributed by atoms with Crippen LogP contribution in [0, 0.1) is 5.41 Å². The third kappa shape index (κ3) is 4.21. The molecule has 2 rings (SSSR count). The molecule has 0 radical (unpaired) electrons. The molecule has 0 spiro atoms. The Kier molecular flexibility index (Phi) is 5.62. The Morgan fingerprint density at radius 1 is 1.29 bits per heavy atom. The summed E-state index contributed by atoms with van der Waals surface area (Å²) < 4.78 is 5.68. The standard InChI is InChI=1S/C17H25NO3/c1-2-17(16(19)20)9-12-18(13-10-17)11-6-14-21-15-7-4-3-5-8-15/h3-5,7-8H,2,6,9-14H2,1H3,(H,19,20). The first-order valence-corrected chi connectivity index (χ1v) is 7.80. The molecule has 1 aromatic rings. The summed E-state index contributed by atoms with van der Waals surface area (Å²) in [6.07, 6.45) is 3.23. The van der Waals surface area contributed by atoms with E-state index in [1.807, 2.05) is 37.3 Å². The first-order valence-electron chi connectivity index (χ1n) is 7.80. The third-order valence-electron chi connectivity index (χ3n) is 4.57. The van der Waals surface area contributed by atoms with Crippen molar-refractivity contribution in [2.24, 2.45) is 5.41 Å². The van der Waals surface area contributed by atoms with Gasteiger partial charge in [-0.15, -0.1) is 0 Å². The number of hydrogen-bond donors (Lipinski definition) is 1. The number of carbonyl (C=O) groups is 1. The number of aliphatic carboxylic acids is 1. The SMILES string of the molecule is CCC1(C(=O)O)CCN(CCCOc2ccccc2)CC1. The highest BCUT2D eigenvalue weighted by Crippen LogP contribution is 2.35. The van der Waals surface area contributed by atoms with E-state index in [0.29, 0.717) is 6.61 Å². The first-order chi connectivity index (χ1) is 10.2. The lowest BCUT2D eigenvalue weighted by atomic mass is 9.76. The monoisotopic (exact) mass is 291 g/mol. The number of likely N-dealkylation sites (tertiary alicyclic amines) is 1. The summed E-state index contributed by atoms with van der Waals surface area (Å²) >= 11 is 0. The average Bonchev–Trinajstić information content (AvgIpc) is 2.53.